The van der Waals surface area contributed by atoms with Crippen molar-refractivity contribution in [3.05, 3.63) is 41.0 Å². The van der Waals surface area contributed by atoms with E-state index in [0.29, 0.717) is 5.92 Å². The summed E-state index contributed by atoms with van der Waals surface area (Å²) in [6, 6.07) is 6.72. The molecule has 0 heterocycles. The second kappa shape index (κ2) is 2.48. The predicted octanol–water partition coefficient (Wildman–Crippen LogP) is 3.52. The summed E-state index contributed by atoms with van der Waals surface area (Å²) in [4.78, 5) is 0. The van der Waals surface area contributed by atoms with Crippen molar-refractivity contribution in [2.75, 3.05) is 0 Å². The van der Waals surface area contributed by atoms with Gasteiger partial charge in [0, 0.05) is 5.92 Å². The van der Waals surface area contributed by atoms with Crippen LogP contribution in [-0.4, -0.2) is 0 Å². The van der Waals surface area contributed by atoms with Crippen molar-refractivity contribution >= 4 is 5.57 Å². The molecule has 0 saturated heterocycles. The van der Waals surface area contributed by atoms with Crippen molar-refractivity contribution in [3.63, 3.8) is 0 Å². The first kappa shape index (κ1) is 7.60. The lowest BCUT2D eigenvalue weighted by atomic mass is 9.99. The van der Waals surface area contributed by atoms with Crippen molar-refractivity contribution in [2.24, 2.45) is 0 Å². The van der Waals surface area contributed by atoms with Crippen molar-refractivity contribution in [3.8, 4) is 0 Å². The summed E-state index contributed by atoms with van der Waals surface area (Å²) in [7, 11) is 0. The topological polar surface area (TPSA) is 0 Å². The molecule has 1 aromatic rings. The number of hydrogen-bond acceptors (Lipinski definition) is 0. The van der Waals surface area contributed by atoms with E-state index in [9.17, 15) is 0 Å². The summed E-state index contributed by atoms with van der Waals surface area (Å²) in [6.07, 6.45) is 2.34. The van der Waals surface area contributed by atoms with Gasteiger partial charge in [0.15, 0.2) is 0 Å². The Kier molecular flexibility index (Phi) is 1.57. The minimum absolute atomic E-state index is 0.611. The Morgan fingerprint density at radius 2 is 1.92 bits per heavy atom. The van der Waals surface area contributed by atoms with Crippen molar-refractivity contribution in [1.82, 2.24) is 0 Å². The predicted molar refractivity (Wildman–Crippen MR) is 53.2 cm³/mol. The third-order valence-electron chi connectivity index (χ3n) is 2.62. The number of aryl methyl sites for hydroxylation is 1. The fourth-order valence-electron chi connectivity index (χ4n) is 1.97. The van der Waals surface area contributed by atoms with Gasteiger partial charge in [-0.05, 0) is 30.5 Å². The molecule has 1 unspecified atom stereocenters. The monoisotopic (exact) mass is 158 g/mol. The van der Waals surface area contributed by atoms with Gasteiger partial charge < -0.3 is 0 Å². The van der Waals surface area contributed by atoms with E-state index in [0.717, 1.165) is 0 Å². The first-order valence-electron chi connectivity index (χ1n) is 4.48. The zero-order valence-electron chi connectivity index (χ0n) is 7.89. The number of hydrogen-bond donors (Lipinski definition) is 0. The molecular weight excluding hydrogens is 144 g/mol. The zero-order valence-corrected chi connectivity index (χ0v) is 7.89. The van der Waals surface area contributed by atoms with Gasteiger partial charge in [0.05, 0.1) is 0 Å². The van der Waals surface area contributed by atoms with E-state index in [4.69, 9.17) is 0 Å². The summed E-state index contributed by atoms with van der Waals surface area (Å²) in [5.74, 6) is 0.611. The van der Waals surface area contributed by atoms with Crippen LogP contribution in [0.5, 0.6) is 0 Å². The molecule has 0 bridgehead atoms. The van der Waals surface area contributed by atoms with Gasteiger partial charge >= 0.3 is 0 Å². The molecule has 0 aromatic heterocycles. The third-order valence-corrected chi connectivity index (χ3v) is 2.62. The molecule has 1 aliphatic rings. The fraction of sp³-hybridized carbons (Fsp3) is 0.333. The standard InChI is InChI=1S/C12H14/c1-8-4-5-11-9(2)7-10(3)12(11)6-8/h4-7,10H,1-3H3. The Morgan fingerprint density at radius 1 is 1.17 bits per heavy atom. The molecule has 0 fully saturated rings. The van der Waals surface area contributed by atoms with Gasteiger partial charge in [0.1, 0.15) is 0 Å². The minimum Gasteiger partial charge on any atom is -0.0737 e. The second-order valence-electron chi connectivity index (χ2n) is 3.73. The van der Waals surface area contributed by atoms with Gasteiger partial charge in [-0.3, -0.25) is 0 Å². The maximum atomic E-state index is 2.34. The van der Waals surface area contributed by atoms with Crippen LogP contribution in [0.1, 0.15) is 36.5 Å². The lowest BCUT2D eigenvalue weighted by molar-refractivity contribution is 0.986. The van der Waals surface area contributed by atoms with Gasteiger partial charge in [0.2, 0.25) is 0 Å². The summed E-state index contributed by atoms with van der Waals surface area (Å²) >= 11 is 0. The van der Waals surface area contributed by atoms with Gasteiger partial charge in [-0.2, -0.15) is 0 Å². The SMILES string of the molecule is CC1=CC(C)c2cc(C)ccc21. The smallest absolute Gasteiger partial charge is 0.000162 e. The average Bonchev–Trinajstić information content (AvgIpc) is 2.28. The molecule has 12 heavy (non-hydrogen) atoms. The molecule has 0 N–H and O–H groups in total. The molecule has 62 valence electrons. The fourth-order valence-corrected chi connectivity index (χ4v) is 1.97. The van der Waals surface area contributed by atoms with E-state index < -0.39 is 0 Å². The van der Waals surface area contributed by atoms with E-state index in [1.807, 2.05) is 0 Å². The highest BCUT2D eigenvalue weighted by Gasteiger charge is 2.16. The van der Waals surface area contributed by atoms with Crippen LogP contribution in [0.3, 0.4) is 0 Å². The highest BCUT2D eigenvalue weighted by atomic mass is 14.2. The molecule has 1 aliphatic carbocycles. The van der Waals surface area contributed by atoms with E-state index in [2.05, 4.69) is 45.0 Å². The number of rotatable bonds is 0. The van der Waals surface area contributed by atoms with E-state index >= 15 is 0 Å². The Balaban J connectivity index is 2.61. The van der Waals surface area contributed by atoms with Crippen molar-refractivity contribution in [2.45, 2.75) is 26.7 Å². The maximum Gasteiger partial charge on any atom is 0.000162 e. The van der Waals surface area contributed by atoms with Crippen LogP contribution in [-0.2, 0) is 0 Å². The highest BCUT2D eigenvalue weighted by molar-refractivity contribution is 5.73. The summed E-state index contributed by atoms with van der Waals surface area (Å²) in [5, 5.41) is 0. The van der Waals surface area contributed by atoms with Crippen LogP contribution in [0.25, 0.3) is 5.57 Å². The van der Waals surface area contributed by atoms with Crippen LogP contribution in [0.15, 0.2) is 24.3 Å². The minimum atomic E-state index is 0.611. The van der Waals surface area contributed by atoms with Crippen LogP contribution in [0.4, 0.5) is 0 Å². The number of benzene rings is 1. The highest BCUT2D eigenvalue weighted by Crippen LogP contribution is 2.35. The molecule has 0 aliphatic heterocycles. The lowest BCUT2D eigenvalue weighted by Crippen LogP contribution is -1.88. The molecule has 0 amide bonds. The van der Waals surface area contributed by atoms with Gasteiger partial charge in [-0.25, -0.2) is 0 Å². The van der Waals surface area contributed by atoms with E-state index in [1.165, 1.54) is 22.3 Å². The van der Waals surface area contributed by atoms with Crippen LogP contribution in [0, 0.1) is 6.92 Å². The summed E-state index contributed by atoms with van der Waals surface area (Å²) < 4.78 is 0. The quantitative estimate of drug-likeness (QED) is 0.542. The van der Waals surface area contributed by atoms with Crippen LogP contribution < -0.4 is 0 Å². The molecule has 0 nitrogen and oxygen atoms in total. The van der Waals surface area contributed by atoms with E-state index in [1.54, 1.807) is 0 Å². The molecule has 0 spiro atoms. The molecule has 2 rings (SSSR count). The van der Waals surface area contributed by atoms with Crippen molar-refractivity contribution in [1.29, 1.82) is 0 Å². The Labute approximate surface area is 73.9 Å². The number of fused-ring (bicyclic) bond motifs is 1. The first-order chi connectivity index (χ1) is 5.68. The van der Waals surface area contributed by atoms with Crippen molar-refractivity contribution < 1.29 is 0 Å². The largest absolute Gasteiger partial charge is 0.0737 e. The third kappa shape index (κ3) is 0.989. The van der Waals surface area contributed by atoms with Gasteiger partial charge in [-0.15, -0.1) is 0 Å². The summed E-state index contributed by atoms with van der Waals surface area (Å²) in [6.45, 7) is 6.60. The van der Waals surface area contributed by atoms with Gasteiger partial charge in [0.25, 0.3) is 0 Å². The Bertz CT molecular complexity index is 345. The molecule has 0 saturated carbocycles. The average molecular weight is 158 g/mol. The van der Waals surface area contributed by atoms with Crippen LogP contribution in [0.2, 0.25) is 0 Å². The first-order valence-corrected chi connectivity index (χ1v) is 4.48. The molecule has 0 heteroatoms. The van der Waals surface area contributed by atoms with Gasteiger partial charge in [-0.1, -0.05) is 36.8 Å². The normalized spacial score (nSPS) is 20.6. The Hall–Kier alpha value is -1.04. The zero-order chi connectivity index (χ0) is 8.72. The second-order valence-corrected chi connectivity index (χ2v) is 3.73. The molecule has 0 radical (unpaired) electrons. The lowest BCUT2D eigenvalue weighted by Gasteiger charge is -2.05. The molecule has 1 atom stereocenters. The molecular formula is C12H14. The van der Waals surface area contributed by atoms with E-state index in [-0.39, 0.29) is 0 Å². The molecule has 1 aromatic carbocycles. The number of allylic oxidation sites excluding steroid dienone is 2. The van der Waals surface area contributed by atoms with Crippen LogP contribution >= 0.6 is 0 Å². The summed E-state index contributed by atoms with van der Waals surface area (Å²) in [5.41, 5.74) is 5.72. The maximum absolute atomic E-state index is 2.34. The Morgan fingerprint density at radius 3 is 2.67 bits per heavy atom.